The van der Waals surface area contributed by atoms with Crippen LogP contribution in [0.5, 0.6) is 0 Å². The molecule has 1 fully saturated rings. The Hall–Kier alpha value is -0.630. The molecule has 0 aliphatic carbocycles. The van der Waals surface area contributed by atoms with Gasteiger partial charge in [-0.2, -0.15) is 4.31 Å². The Morgan fingerprint density at radius 1 is 1.25 bits per heavy atom. The summed E-state index contributed by atoms with van der Waals surface area (Å²) in [7, 11) is -3.07. The van der Waals surface area contributed by atoms with Crippen molar-refractivity contribution in [3.05, 3.63) is 28.2 Å². The Kier molecular flexibility index (Phi) is 5.06. The Labute approximate surface area is 128 Å². The van der Waals surface area contributed by atoms with Crippen molar-refractivity contribution in [1.29, 1.82) is 0 Å². The zero-order valence-corrected chi connectivity index (χ0v) is 14.0. The minimum absolute atomic E-state index is 0.538. The van der Waals surface area contributed by atoms with Crippen LogP contribution in [0, 0.1) is 0 Å². The molecule has 0 radical (unpaired) electrons. The van der Waals surface area contributed by atoms with E-state index < -0.39 is 10.0 Å². The van der Waals surface area contributed by atoms with Crippen LogP contribution in [0.1, 0.15) is 5.56 Å². The molecule has 20 heavy (non-hydrogen) atoms. The Morgan fingerprint density at radius 2 is 1.90 bits per heavy atom. The minimum Gasteiger partial charge on any atom is -0.368 e. The normalized spacial score (nSPS) is 17.4. The first-order chi connectivity index (χ1) is 9.41. The van der Waals surface area contributed by atoms with Gasteiger partial charge in [0, 0.05) is 30.7 Å². The molecule has 0 saturated carbocycles. The van der Waals surface area contributed by atoms with Crippen molar-refractivity contribution in [3.63, 3.8) is 0 Å². The smallest absolute Gasteiger partial charge is 0.211 e. The number of hydrogen-bond donors (Lipinski definition) is 1. The molecule has 0 spiro atoms. The van der Waals surface area contributed by atoms with Gasteiger partial charge in [-0.3, -0.25) is 0 Å². The number of nitrogens with two attached hydrogens (primary N) is 1. The van der Waals surface area contributed by atoms with Crippen molar-refractivity contribution in [2.45, 2.75) is 6.42 Å². The lowest BCUT2D eigenvalue weighted by Crippen LogP contribution is -2.48. The summed E-state index contributed by atoms with van der Waals surface area (Å²) in [4.78, 5) is 2.21. The summed E-state index contributed by atoms with van der Waals surface area (Å²) in [6.45, 7) is 3.13. The third kappa shape index (κ3) is 3.72. The quantitative estimate of drug-likeness (QED) is 0.869. The summed E-state index contributed by atoms with van der Waals surface area (Å²) in [6, 6.07) is 6.24. The van der Waals surface area contributed by atoms with E-state index in [9.17, 15) is 8.42 Å². The van der Waals surface area contributed by atoms with Gasteiger partial charge in [0.15, 0.2) is 0 Å². The van der Waals surface area contributed by atoms with Crippen LogP contribution in [0.4, 0.5) is 5.69 Å². The average molecular weight is 362 g/mol. The van der Waals surface area contributed by atoms with Crippen LogP contribution >= 0.6 is 15.9 Å². The first-order valence-corrected chi connectivity index (χ1v) is 9.24. The van der Waals surface area contributed by atoms with E-state index in [0.29, 0.717) is 32.7 Å². The summed E-state index contributed by atoms with van der Waals surface area (Å²) in [5.74, 6) is 0. The van der Waals surface area contributed by atoms with Crippen LogP contribution in [-0.4, -0.2) is 51.7 Å². The molecule has 2 rings (SSSR count). The molecule has 7 heteroatoms. The van der Waals surface area contributed by atoms with Crippen LogP contribution in [-0.2, 0) is 16.4 Å². The second kappa shape index (κ2) is 6.43. The minimum atomic E-state index is -3.07. The number of benzene rings is 1. The standard InChI is InChI=1S/C13H20BrN3O2S/c1-20(18,19)17-8-6-16(7-9-17)13-3-2-11(4-5-15)10-12(13)14/h2-3,10H,4-9,15H2,1H3. The van der Waals surface area contributed by atoms with Crippen molar-refractivity contribution < 1.29 is 8.42 Å². The molecule has 1 saturated heterocycles. The zero-order chi connectivity index (χ0) is 14.8. The molecule has 0 bridgehead atoms. The number of rotatable bonds is 4. The maximum absolute atomic E-state index is 11.5. The first-order valence-electron chi connectivity index (χ1n) is 6.60. The molecule has 0 aromatic heterocycles. The van der Waals surface area contributed by atoms with Crippen molar-refractivity contribution in [2.24, 2.45) is 5.73 Å². The topological polar surface area (TPSA) is 66.6 Å². The van der Waals surface area contributed by atoms with Gasteiger partial charge in [0.2, 0.25) is 10.0 Å². The highest BCUT2D eigenvalue weighted by Crippen LogP contribution is 2.28. The number of halogens is 1. The summed E-state index contributed by atoms with van der Waals surface area (Å²) >= 11 is 3.59. The Balaban J connectivity index is 2.07. The van der Waals surface area contributed by atoms with Crippen molar-refractivity contribution in [1.82, 2.24) is 4.31 Å². The summed E-state index contributed by atoms with van der Waals surface area (Å²) < 4.78 is 25.6. The van der Waals surface area contributed by atoms with E-state index in [1.807, 2.05) is 0 Å². The highest BCUT2D eigenvalue weighted by atomic mass is 79.9. The molecule has 0 atom stereocenters. The number of nitrogens with zero attached hydrogens (tertiary/aromatic N) is 2. The fraction of sp³-hybridized carbons (Fsp3) is 0.538. The predicted octanol–water partition coefficient (Wildman–Crippen LogP) is 1.03. The SMILES string of the molecule is CS(=O)(=O)N1CCN(c2ccc(CCN)cc2Br)CC1. The van der Waals surface area contributed by atoms with Crippen molar-refractivity contribution >= 4 is 31.6 Å². The number of sulfonamides is 1. The molecular formula is C13H20BrN3O2S. The lowest BCUT2D eigenvalue weighted by Gasteiger charge is -2.35. The molecule has 0 unspecified atom stereocenters. The molecular weight excluding hydrogens is 342 g/mol. The van der Waals surface area contributed by atoms with E-state index in [0.717, 1.165) is 16.6 Å². The van der Waals surface area contributed by atoms with Gasteiger partial charge >= 0.3 is 0 Å². The van der Waals surface area contributed by atoms with Crippen molar-refractivity contribution in [3.8, 4) is 0 Å². The highest BCUT2D eigenvalue weighted by Gasteiger charge is 2.24. The Morgan fingerprint density at radius 3 is 2.40 bits per heavy atom. The molecule has 1 aliphatic rings. The van der Waals surface area contributed by atoms with Gasteiger partial charge in [0.05, 0.1) is 11.9 Å². The number of piperazine rings is 1. The van der Waals surface area contributed by atoms with Gasteiger partial charge in [-0.25, -0.2) is 8.42 Å². The van der Waals surface area contributed by atoms with E-state index in [-0.39, 0.29) is 0 Å². The lowest BCUT2D eigenvalue weighted by molar-refractivity contribution is 0.388. The molecule has 112 valence electrons. The third-order valence-corrected chi connectivity index (χ3v) is 5.43. The maximum Gasteiger partial charge on any atom is 0.211 e. The summed E-state index contributed by atoms with van der Waals surface area (Å²) in [5, 5.41) is 0. The summed E-state index contributed by atoms with van der Waals surface area (Å²) in [5.41, 5.74) is 7.88. The fourth-order valence-corrected chi connectivity index (χ4v) is 3.89. The van der Waals surface area contributed by atoms with E-state index >= 15 is 0 Å². The van der Waals surface area contributed by atoms with Gasteiger partial charge in [0.1, 0.15) is 0 Å². The predicted molar refractivity (Wildman–Crippen MR) is 85.5 cm³/mol. The van der Waals surface area contributed by atoms with Crippen LogP contribution in [0.3, 0.4) is 0 Å². The van der Waals surface area contributed by atoms with E-state index in [2.05, 4.69) is 39.0 Å². The van der Waals surface area contributed by atoms with Crippen LogP contribution in [0.2, 0.25) is 0 Å². The van der Waals surface area contributed by atoms with Gasteiger partial charge in [-0.1, -0.05) is 6.07 Å². The largest absolute Gasteiger partial charge is 0.368 e. The molecule has 1 aliphatic heterocycles. The second-order valence-electron chi connectivity index (χ2n) is 4.97. The molecule has 0 amide bonds. The van der Waals surface area contributed by atoms with Crippen LogP contribution < -0.4 is 10.6 Å². The van der Waals surface area contributed by atoms with Crippen molar-refractivity contribution in [2.75, 3.05) is 43.9 Å². The third-order valence-electron chi connectivity index (χ3n) is 3.49. The highest BCUT2D eigenvalue weighted by molar-refractivity contribution is 9.10. The summed E-state index contributed by atoms with van der Waals surface area (Å²) in [6.07, 6.45) is 2.13. The van der Waals surface area contributed by atoms with Crippen LogP contribution in [0.15, 0.2) is 22.7 Å². The average Bonchev–Trinajstić information content (AvgIpc) is 2.38. The second-order valence-corrected chi connectivity index (χ2v) is 7.81. The first kappa shape index (κ1) is 15.8. The van der Waals surface area contributed by atoms with Crippen LogP contribution in [0.25, 0.3) is 0 Å². The Bertz CT molecular complexity index is 569. The van der Waals surface area contributed by atoms with Gasteiger partial charge in [-0.05, 0) is 46.6 Å². The molecule has 1 aromatic carbocycles. The monoisotopic (exact) mass is 361 g/mol. The van der Waals surface area contributed by atoms with E-state index in [4.69, 9.17) is 5.73 Å². The van der Waals surface area contributed by atoms with Gasteiger partial charge < -0.3 is 10.6 Å². The zero-order valence-electron chi connectivity index (χ0n) is 11.5. The maximum atomic E-state index is 11.5. The fourth-order valence-electron chi connectivity index (χ4n) is 2.39. The molecule has 1 heterocycles. The van der Waals surface area contributed by atoms with E-state index in [1.165, 1.54) is 16.1 Å². The number of hydrogen-bond acceptors (Lipinski definition) is 4. The lowest BCUT2D eigenvalue weighted by atomic mass is 10.1. The molecule has 5 nitrogen and oxygen atoms in total. The van der Waals surface area contributed by atoms with E-state index in [1.54, 1.807) is 0 Å². The molecule has 2 N–H and O–H groups in total. The number of anilines is 1. The van der Waals surface area contributed by atoms with Gasteiger partial charge in [-0.15, -0.1) is 0 Å². The molecule has 1 aromatic rings. The van der Waals surface area contributed by atoms with Gasteiger partial charge in [0.25, 0.3) is 0 Å².